The molecule has 1 aromatic rings. The van der Waals surface area contributed by atoms with E-state index in [9.17, 15) is 17.6 Å². The quantitative estimate of drug-likeness (QED) is 0.906. The van der Waals surface area contributed by atoms with Crippen molar-refractivity contribution in [2.24, 2.45) is 0 Å². The fourth-order valence-electron chi connectivity index (χ4n) is 2.83. The van der Waals surface area contributed by atoms with Crippen molar-refractivity contribution in [3.63, 3.8) is 0 Å². The number of halogens is 1. The topological polar surface area (TPSA) is 74.7 Å². The number of benzene rings is 1. The molecule has 0 amide bonds. The summed E-state index contributed by atoms with van der Waals surface area (Å²) >= 11 is 0. The first kappa shape index (κ1) is 15.9. The van der Waals surface area contributed by atoms with Gasteiger partial charge in [-0.15, -0.1) is 0 Å². The number of hydrogen-bond donors (Lipinski definition) is 1. The zero-order valence-electron chi connectivity index (χ0n) is 11.8. The SMILES string of the molecule is CCN(C1CCCC1)S(=O)(=O)c1cc(F)ccc1C(=O)O. The molecule has 0 radical (unpaired) electrons. The summed E-state index contributed by atoms with van der Waals surface area (Å²) < 4.78 is 40.2. The van der Waals surface area contributed by atoms with Crippen molar-refractivity contribution < 1.29 is 22.7 Å². The highest BCUT2D eigenvalue weighted by molar-refractivity contribution is 7.89. The summed E-state index contributed by atoms with van der Waals surface area (Å²) in [5.41, 5.74) is -0.396. The summed E-state index contributed by atoms with van der Waals surface area (Å²) in [5.74, 6) is -2.14. The van der Waals surface area contributed by atoms with Crippen LogP contribution in [0.5, 0.6) is 0 Å². The van der Waals surface area contributed by atoms with Crippen molar-refractivity contribution >= 4 is 16.0 Å². The van der Waals surface area contributed by atoms with Gasteiger partial charge >= 0.3 is 5.97 Å². The molecule has 0 saturated heterocycles. The molecule has 0 heterocycles. The lowest BCUT2D eigenvalue weighted by atomic mass is 10.2. The molecule has 0 atom stereocenters. The van der Waals surface area contributed by atoms with Crippen LogP contribution in [0.3, 0.4) is 0 Å². The molecule has 1 aliphatic rings. The molecule has 1 N–H and O–H groups in total. The minimum atomic E-state index is -4.02. The van der Waals surface area contributed by atoms with Crippen LogP contribution in [0.4, 0.5) is 4.39 Å². The minimum absolute atomic E-state index is 0.134. The van der Waals surface area contributed by atoms with Gasteiger partial charge in [0.25, 0.3) is 0 Å². The molecule has 1 aliphatic carbocycles. The van der Waals surface area contributed by atoms with Gasteiger partial charge in [-0.25, -0.2) is 17.6 Å². The van der Waals surface area contributed by atoms with Gasteiger partial charge in [0.1, 0.15) is 5.82 Å². The normalized spacial score (nSPS) is 16.5. The predicted octanol–water partition coefficient (Wildman–Crippen LogP) is 2.48. The van der Waals surface area contributed by atoms with Crippen LogP contribution in [0.15, 0.2) is 23.1 Å². The Kier molecular flexibility index (Phi) is 4.63. The van der Waals surface area contributed by atoms with E-state index in [-0.39, 0.29) is 12.6 Å². The molecular formula is C14H18FNO4S. The van der Waals surface area contributed by atoms with Gasteiger partial charge < -0.3 is 5.11 Å². The maximum Gasteiger partial charge on any atom is 0.337 e. The van der Waals surface area contributed by atoms with E-state index in [0.29, 0.717) is 0 Å². The maximum absolute atomic E-state index is 13.4. The van der Waals surface area contributed by atoms with E-state index in [4.69, 9.17) is 5.11 Å². The molecule has 1 aromatic carbocycles. The van der Waals surface area contributed by atoms with Crippen LogP contribution in [0.2, 0.25) is 0 Å². The highest BCUT2D eigenvalue weighted by Gasteiger charge is 2.34. The van der Waals surface area contributed by atoms with Crippen molar-refractivity contribution in [3.8, 4) is 0 Å². The molecular weight excluding hydrogens is 297 g/mol. The minimum Gasteiger partial charge on any atom is -0.478 e. The van der Waals surface area contributed by atoms with E-state index >= 15 is 0 Å². The molecule has 5 nitrogen and oxygen atoms in total. The number of hydrogen-bond acceptors (Lipinski definition) is 3. The highest BCUT2D eigenvalue weighted by Crippen LogP contribution is 2.30. The number of carbonyl (C=O) groups is 1. The van der Waals surface area contributed by atoms with E-state index in [1.165, 1.54) is 4.31 Å². The first-order valence-corrected chi connectivity index (χ1v) is 8.36. The second-order valence-electron chi connectivity index (χ2n) is 5.09. The summed E-state index contributed by atoms with van der Waals surface area (Å²) in [6.45, 7) is 1.94. The highest BCUT2D eigenvalue weighted by atomic mass is 32.2. The van der Waals surface area contributed by atoms with E-state index in [1.54, 1.807) is 6.92 Å². The second kappa shape index (κ2) is 6.11. The smallest absolute Gasteiger partial charge is 0.337 e. The van der Waals surface area contributed by atoms with Crippen LogP contribution >= 0.6 is 0 Å². The summed E-state index contributed by atoms with van der Waals surface area (Å²) in [6, 6.07) is 2.60. The second-order valence-corrected chi connectivity index (χ2v) is 6.95. The standard InChI is InChI=1S/C14H18FNO4S/c1-2-16(11-5-3-4-6-11)21(19,20)13-9-10(15)7-8-12(13)14(17)18/h7-9,11H,2-6H2,1H3,(H,17,18). The van der Waals surface area contributed by atoms with Gasteiger partial charge in [0.2, 0.25) is 10.0 Å². The van der Waals surface area contributed by atoms with Crippen molar-refractivity contribution in [3.05, 3.63) is 29.6 Å². The largest absolute Gasteiger partial charge is 0.478 e. The van der Waals surface area contributed by atoms with Gasteiger partial charge in [-0.05, 0) is 31.0 Å². The molecule has 116 valence electrons. The van der Waals surface area contributed by atoms with Gasteiger partial charge in [-0.2, -0.15) is 4.31 Å². The van der Waals surface area contributed by atoms with Crippen molar-refractivity contribution in [2.45, 2.75) is 43.5 Å². The molecule has 0 bridgehead atoms. The van der Waals surface area contributed by atoms with Crippen molar-refractivity contribution in [1.29, 1.82) is 0 Å². The Hall–Kier alpha value is -1.47. The average Bonchev–Trinajstić information content (AvgIpc) is 2.92. The fourth-order valence-corrected chi connectivity index (χ4v) is 4.72. The number of carboxylic acid groups (broad SMARTS) is 1. The summed E-state index contributed by atoms with van der Waals surface area (Å²) in [5, 5.41) is 9.13. The number of sulfonamides is 1. The Bertz CT molecular complexity index is 638. The molecule has 21 heavy (non-hydrogen) atoms. The van der Waals surface area contributed by atoms with Crippen LogP contribution in [0.25, 0.3) is 0 Å². The zero-order chi connectivity index (χ0) is 15.6. The first-order chi connectivity index (χ1) is 9.87. The molecule has 0 spiro atoms. The molecule has 7 heteroatoms. The summed E-state index contributed by atoms with van der Waals surface area (Å²) in [6.07, 6.45) is 3.41. The Morgan fingerprint density at radius 3 is 2.52 bits per heavy atom. The Balaban J connectivity index is 2.51. The van der Waals surface area contributed by atoms with Gasteiger partial charge in [-0.3, -0.25) is 0 Å². The van der Waals surface area contributed by atoms with Crippen LogP contribution in [0, 0.1) is 5.82 Å². The Morgan fingerprint density at radius 1 is 1.38 bits per heavy atom. The Labute approximate surface area is 123 Å². The predicted molar refractivity (Wildman–Crippen MR) is 75.2 cm³/mol. The van der Waals surface area contributed by atoms with Crippen LogP contribution in [-0.4, -0.2) is 36.4 Å². The van der Waals surface area contributed by atoms with Crippen molar-refractivity contribution in [2.75, 3.05) is 6.54 Å². The van der Waals surface area contributed by atoms with Gasteiger partial charge in [-0.1, -0.05) is 19.8 Å². The lowest BCUT2D eigenvalue weighted by Gasteiger charge is -2.27. The summed E-state index contributed by atoms with van der Waals surface area (Å²) in [7, 11) is -4.02. The molecule has 0 aliphatic heterocycles. The third kappa shape index (κ3) is 3.08. The van der Waals surface area contributed by atoms with Gasteiger partial charge in [0, 0.05) is 12.6 Å². The fraction of sp³-hybridized carbons (Fsp3) is 0.500. The maximum atomic E-state index is 13.4. The summed E-state index contributed by atoms with van der Waals surface area (Å²) in [4.78, 5) is 10.7. The zero-order valence-corrected chi connectivity index (χ0v) is 12.6. The molecule has 1 fully saturated rings. The number of rotatable bonds is 5. The van der Waals surface area contributed by atoms with Gasteiger partial charge in [0.05, 0.1) is 10.5 Å². The molecule has 0 unspecified atom stereocenters. The van der Waals surface area contributed by atoms with E-state index in [2.05, 4.69) is 0 Å². The van der Waals surface area contributed by atoms with Gasteiger partial charge in [0.15, 0.2) is 0 Å². The Morgan fingerprint density at radius 2 is 2.00 bits per heavy atom. The van der Waals surface area contributed by atoms with Crippen LogP contribution in [0.1, 0.15) is 43.0 Å². The van der Waals surface area contributed by atoms with E-state index < -0.39 is 32.3 Å². The molecule has 1 saturated carbocycles. The van der Waals surface area contributed by atoms with E-state index in [0.717, 1.165) is 43.9 Å². The third-order valence-electron chi connectivity index (χ3n) is 3.80. The molecule has 0 aromatic heterocycles. The number of aromatic carboxylic acids is 1. The van der Waals surface area contributed by atoms with Crippen molar-refractivity contribution in [1.82, 2.24) is 4.31 Å². The number of carboxylic acids is 1. The lowest BCUT2D eigenvalue weighted by Crippen LogP contribution is -2.39. The lowest BCUT2D eigenvalue weighted by molar-refractivity contribution is 0.0692. The molecule has 2 rings (SSSR count). The van der Waals surface area contributed by atoms with Crippen LogP contribution in [-0.2, 0) is 10.0 Å². The number of nitrogens with zero attached hydrogens (tertiary/aromatic N) is 1. The average molecular weight is 315 g/mol. The first-order valence-electron chi connectivity index (χ1n) is 6.92. The third-order valence-corrected chi connectivity index (χ3v) is 5.87. The van der Waals surface area contributed by atoms with Crippen LogP contribution < -0.4 is 0 Å². The van der Waals surface area contributed by atoms with E-state index in [1.807, 2.05) is 0 Å². The monoisotopic (exact) mass is 315 g/mol.